The molecule has 0 radical (unpaired) electrons. The number of amides is 2. The van der Waals surface area contributed by atoms with E-state index in [2.05, 4.69) is 29.7 Å². The number of rotatable bonds is 6. The van der Waals surface area contributed by atoms with Gasteiger partial charge in [0, 0.05) is 17.3 Å². The Morgan fingerprint density at radius 1 is 1.00 bits per heavy atom. The number of hydrogen-bond donors (Lipinski definition) is 2. The van der Waals surface area contributed by atoms with Gasteiger partial charge in [0.2, 0.25) is 0 Å². The summed E-state index contributed by atoms with van der Waals surface area (Å²) in [5, 5.41) is 6.33. The van der Waals surface area contributed by atoms with Gasteiger partial charge in [-0.05, 0) is 35.7 Å². The molecule has 27 heavy (non-hydrogen) atoms. The molecule has 0 fully saturated rings. The number of nitrogens with one attached hydrogen (secondary N) is 2. The molecule has 142 valence electrons. The molecular formula is C20H23N3O4. The molecule has 2 N–H and O–H groups in total. The fraction of sp³-hybridized carbons (Fsp3) is 0.250. The van der Waals surface area contributed by atoms with Crippen molar-refractivity contribution in [2.45, 2.75) is 19.8 Å². The van der Waals surface area contributed by atoms with Gasteiger partial charge in [0.15, 0.2) is 0 Å². The molecular weight excluding hydrogens is 346 g/mol. The molecule has 7 nitrogen and oxygen atoms in total. The van der Waals surface area contributed by atoms with Crippen LogP contribution < -0.4 is 20.2 Å². The SMILES string of the molecule is COc1ccc(/C=N\NC(=O)C(=O)Nc2ccc(C(C)C)cc2)c(OC)c1. The van der Waals surface area contributed by atoms with Crippen LogP contribution in [0.3, 0.4) is 0 Å². The molecule has 0 saturated carbocycles. The number of ether oxygens (including phenoxy) is 2. The summed E-state index contributed by atoms with van der Waals surface area (Å²) in [6, 6.07) is 12.5. The predicted octanol–water partition coefficient (Wildman–Crippen LogP) is 2.92. The van der Waals surface area contributed by atoms with E-state index in [1.807, 2.05) is 12.1 Å². The number of carbonyl (C=O) groups is 2. The third kappa shape index (κ3) is 5.57. The number of methoxy groups -OCH3 is 2. The minimum atomic E-state index is -0.869. The maximum Gasteiger partial charge on any atom is 0.329 e. The monoisotopic (exact) mass is 369 g/mol. The van der Waals surface area contributed by atoms with Crippen molar-refractivity contribution in [3.05, 3.63) is 53.6 Å². The Hall–Kier alpha value is -3.35. The summed E-state index contributed by atoms with van der Waals surface area (Å²) in [6.45, 7) is 4.16. The second kappa shape index (κ2) is 9.38. The van der Waals surface area contributed by atoms with Gasteiger partial charge in [-0.25, -0.2) is 5.43 Å². The first-order valence-corrected chi connectivity index (χ1v) is 8.41. The lowest BCUT2D eigenvalue weighted by atomic mass is 10.0. The van der Waals surface area contributed by atoms with Crippen molar-refractivity contribution in [2.75, 3.05) is 19.5 Å². The summed E-state index contributed by atoms with van der Waals surface area (Å²) in [4.78, 5) is 23.8. The van der Waals surface area contributed by atoms with E-state index in [9.17, 15) is 9.59 Å². The molecule has 7 heteroatoms. The predicted molar refractivity (Wildman–Crippen MR) is 104 cm³/mol. The van der Waals surface area contributed by atoms with Crippen molar-refractivity contribution in [3.63, 3.8) is 0 Å². The van der Waals surface area contributed by atoms with Crippen molar-refractivity contribution in [3.8, 4) is 11.5 Å². The molecule has 2 aromatic carbocycles. The van der Waals surface area contributed by atoms with Gasteiger partial charge in [0.1, 0.15) is 11.5 Å². The van der Waals surface area contributed by atoms with Crippen molar-refractivity contribution in [1.29, 1.82) is 0 Å². The van der Waals surface area contributed by atoms with Gasteiger partial charge in [-0.2, -0.15) is 5.10 Å². The molecule has 0 aliphatic carbocycles. The fourth-order valence-corrected chi connectivity index (χ4v) is 2.28. The molecule has 2 amide bonds. The highest BCUT2D eigenvalue weighted by Gasteiger charge is 2.13. The minimum Gasteiger partial charge on any atom is -0.497 e. The van der Waals surface area contributed by atoms with E-state index in [4.69, 9.17) is 9.47 Å². The Balaban J connectivity index is 1.94. The first-order valence-electron chi connectivity index (χ1n) is 8.41. The number of benzene rings is 2. The summed E-state index contributed by atoms with van der Waals surface area (Å²) in [5.41, 5.74) is 4.51. The normalized spacial score (nSPS) is 10.7. The highest BCUT2D eigenvalue weighted by atomic mass is 16.5. The molecule has 0 bridgehead atoms. The Labute approximate surface area is 158 Å². The van der Waals surface area contributed by atoms with Crippen LogP contribution >= 0.6 is 0 Å². The molecule has 0 aliphatic rings. The van der Waals surface area contributed by atoms with Gasteiger partial charge in [-0.3, -0.25) is 9.59 Å². The van der Waals surface area contributed by atoms with Gasteiger partial charge in [-0.15, -0.1) is 0 Å². The lowest BCUT2D eigenvalue weighted by molar-refractivity contribution is -0.136. The molecule has 0 atom stereocenters. The van der Waals surface area contributed by atoms with Crippen LogP contribution in [-0.4, -0.2) is 32.2 Å². The third-order valence-electron chi connectivity index (χ3n) is 3.85. The summed E-state index contributed by atoms with van der Waals surface area (Å²) in [6.07, 6.45) is 1.39. The van der Waals surface area contributed by atoms with Crippen LogP contribution in [0.15, 0.2) is 47.6 Å². The standard InChI is InChI=1S/C20H23N3O4/c1-13(2)14-5-8-16(9-6-14)22-19(24)20(25)23-21-12-15-7-10-17(26-3)11-18(15)27-4/h5-13H,1-4H3,(H,22,24)(H,23,25)/b21-12-. The van der Waals surface area contributed by atoms with E-state index in [1.54, 1.807) is 37.4 Å². The summed E-state index contributed by atoms with van der Waals surface area (Å²) >= 11 is 0. The van der Waals surface area contributed by atoms with Crippen LogP contribution in [0.1, 0.15) is 30.9 Å². The summed E-state index contributed by atoms with van der Waals surface area (Å²) < 4.78 is 10.4. The second-order valence-corrected chi connectivity index (χ2v) is 6.04. The molecule has 2 rings (SSSR count). The third-order valence-corrected chi connectivity index (χ3v) is 3.85. The summed E-state index contributed by atoms with van der Waals surface area (Å²) in [7, 11) is 3.07. The van der Waals surface area contributed by atoms with E-state index in [-0.39, 0.29) is 0 Å². The van der Waals surface area contributed by atoms with Crippen LogP contribution in [-0.2, 0) is 9.59 Å². The molecule has 0 aliphatic heterocycles. The molecule has 0 aromatic heterocycles. The highest BCUT2D eigenvalue weighted by molar-refractivity contribution is 6.39. The quantitative estimate of drug-likeness (QED) is 0.465. The maximum absolute atomic E-state index is 11.9. The van der Waals surface area contributed by atoms with Gasteiger partial charge >= 0.3 is 11.8 Å². The van der Waals surface area contributed by atoms with Gasteiger partial charge in [-0.1, -0.05) is 26.0 Å². The zero-order chi connectivity index (χ0) is 19.8. The van der Waals surface area contributed by atoms with E-state index in [0.717, 1.165) is 5.56 Å². The number of nitrogens with zero attached hydrogens (tertiary/aromatic N) is 1. The average molecular weight is 369 g/mol. The molecule has 0 heterocycles. The first kappa shape index (κ1) is 20.0. The first-order chi connectivity index (χ1) is 12.9. The zero-order valence-electron chi connectivity index (χ0n) is 15.8. The summed E-state index contributed by atoms with van der Waals surface area (Å²) in [5.74, 6) is -0.113. The topological polar surface area (TPSA) is 89.0 Å². The van der Waals surface area contributed by atoms with Crippen molar-refractivity contribution in [1.82, 2.24) is 5.43 Å². The highest BCUT2D eigenvalue weighted by Crippen LogP contribution is 2.23. The van der Waals surface area contributed by atoms with Gasteiger partial charge in [0.05, 0.1) is 20.4 Å². The van der Waals surface area contributed by atoms with Gasteiger partial charge in [0.25, 0.3) is 0 Å². The number of anilines is 1. The van der Waals surface area contributed by atoms with Crippen LogP contribution in [0.2, 0.25) is 0 Å². The zero-order valence-corrected chi connectivity index (χ0v) is 15.8. The van der Waals surface area contributed by atoms with Crippen LogP contribution in [0, 0.1) is 0 Å². The fourth-order valence-electron chi connectivity index (χ4n) is 2.28. The average Bonchev–Trinajstić information content (AvgIpc) is 2.68. The van der Waals surface area contributed by atoms with E-state index in [0.29, 0.717) is 28.7 Å². The van der Waals surface area contributed by atoms with E-state index in [1.165, 1.54) is 13.3 Å². The van der Waals surface area contributed by atoms with Gasteiger partial charge < -0.3 is 14.8 Å². The molecule has 0 unspecified atom stereocenters. The smallest absolute Gasteiger partial charge is 0.329 e. The second-order valence-electron chi connectivity index (χ2n) is 6.04. The number of hydrogen-bond acceptors (Lipinski definition) is 5. The lowest BCUT2D eigenvalue weighted by Gasteiger charge is -2.08. The molecule has 0 saturated heterocycles. The van der Waals surface area contributed by atoms with E-state index < -0.39 is 11.8 Å². The van der Waals surface area contributed by atoms with Crippen LogP contribution in [0.25, 0.3) is 0 Å². The molecule has 0 spiro atoms. The molecule has 2 aromatic rings. The van der Waals surface area contributed by atoms with Crippen molar-refractivity contribution >= 4 is 23.7 Å². The largest absolute Gasteiger partial charge is 0.497 e. The number of hydrazone groups is 1. The van der Waals surface area contributed by atoms with Crippen LogP contribution in [0.4, 0.5) is 5.69 Å². The number of carbonyl (C=O) groups excluding carboxylic acids is 2. The Bertz CT molecular complexity index is 830. The van der Waals surface area contributed by atoms with Crippen LogP contribution in [0.5, 0.6) is 11.5 Å². The Morgan fingerprint density at radius 2 is 1.70 bits per heavy atom. The maximum atomic E-state index is 11.9. The minimum absolute atomic E-state index is 0.391. The van der Waals surface area contributed by atoms with Crippen molar-refractivity contribution in [2.24, 2.45) is 5.10 Å². The lowest BCUT2D eigenvalue weighted by Crippen LogP contribution is -2.32. The van der Waals surface area contributed by atoms with Crippen molar-refractivity contribution < 1.29 is 19.1 Å². The Kier molecular flexibility index (Phi) is 6.93. The van der Waals surface area contributed by atoms with E-state index >= 15 is 0 Å². The Morgan fingerprint density at radius 3 is 2.30 bits per heavy atom.